The highest BCUT2D eigenvalue weighted by Crippen LogP contribution is 2.12. The highest BCUT2D eigenvalue weighted by molar-refractivity contribution is 5.90. The van der Waals surface area contributed by atoms with Crippen molar-refractivity contribution in [3.05, 3.63) is 30.1 Å². The molecule has 110 valence electrons. The van der Waals surface area contributed by atoms with Crippen molar-refractivity contribution in [2.75, 3.05) is 25.0 Å². The summed E-state index contributed by atoms with van der Waals surface area (Å²) >= 11 is 0. The molecule has 1 aromatic carbocycles. The van der Waals surface area contributed by atoms with Crippen molar-refractivity contribution in [1.82, 2.24) is 0 Å². The van der Waals surface area contributed by atoms with Gasteiger partial charge in [0.1, 0.15) is 5.82 Å². The lowest BCUT2D eigenvalue weighted by molar-refractivity contribution is -0.911. The van der Waals surface area contributed by atoms with Gasteiger partial charge in [-0.3, -0.25) is 4.79 Å². The second-order valence-electron chi connectivity index (χ2n) is 6.16. The Morgan fingerprint density at radius 1 is 1.35 bits per heavy atom. The fourth-order valence-electron chi connectivity index (χ4n) is 3.21. The molecule has 0 saturated carbocycles. The van der Waals surface area contributed by atoms with Crippen LogP contribution in [-0.4, -0.2) is 25.5 Å². The molecule has 1 aliphatic rings. The molecular formula is C16H24FN2O+. The zero-order valence-electron chi connectivity index (χ0n) is 12.3. The van der Waals surface area contributed by atoms with E-state index in [2.05, 4.69) is 19.2 Å². The molecule has 1 aliphatic heterocycles. The van der Waals surface area contributed by atoms with Crippen LogP contribution < -0.4 is 10.2 Å². The summed E-state index contributed by atoms with van der Waals surface area (Å²) in [6.07, 6.45) is 1.78. The van der Waals surface area contributed by atoms with E-state index in [1.807, 2.05) is 0 Å². The number of quaternary nitrogens is 1. The van der Waals surface area contributed by atoms with E-state index in [1.54, 1.807) is 12.1 Å². The van der Waals surface area contributed by atoms with Gasteiger partial charge in [0.25, 0.3) is 0 Å². The van der Waals surface area contributed by atoms with Crippen molar-refractivity contribution < 1.29 is 14.1 Å². The average Bonchev–Trinajstić information content (AvgIpc) is 2.35. The molecule has 0 radical (unpaired) electrons. The minimum Gasteiger partial charge on any atom is -0.334 e. The quantitative estimate of drug-likeness (QED) is 0.864. The zero-order chi connectivity index (χ0) is 14.5. The van der Waals surface area contributed by atoms with Gasteiger partial charge in [0.05, 0.1) is 26.1 Å². The Hall–Kier alpha value is -1.42. The van der Waals surface area contributed by atoms with Crippen molar-refractivity contribution in [1.29, 1.82) is 0 Å². The topological polar surface area (TPSA) is 33.5 Å². The van der Waals surface area contributed by atoms with Gasteiger partial charge in [-0.1, -0.05) is 19.9 Å². The summed E-state index contributed by atoms with van der Waals surface area (Å²) in [6, 6.07) is 6.02. The molecule has 2 unspecified atom stereocenters. The van der Waals surface area contributed by atoms with Gasteiger partial charge in [0.2, 0.25) is 5.91 Å². The fraction of sp³-hybridized carbons (Fsp3) is 0.562. The minimum atomic E-state index is -0.327. The van der Waals surface area contributed by atoms with Crippen LogP contribution in [0.5, 0.6) is 0 Å². The van der Waals surface area contributed by atoms with Crippen LogP contribution in [0.1, 0.15) is 26.7 Å². The predicted octanol–water partition coefficient (Wildman–Crippen LogP) is 1.72. The van der Waals surface area contributed by atoms with Gasteiger partial charge in [0, 0.05) is 17.5 Å². The van der Waals surface area contributed by atoms with E-state index in [4.69, 9.17) is 0 Å². The number of hydrogen-bond donors (Lipinski definition) is 2. The molecule has 3 nitrogen and oxygen atoms in total. The third-order valence-corrected chi connectivity index (χ3v) is 3.89. The summed E-state index contributed by atoms with van der Waals surface area (Å²) < 4.78 is 13.0. The SMILES string of the molecule is CC1CC(C)C[NH+](CCC(=O)Nc2cccc(F)c2)C1. The van der Waals surface area contributed by atoms with Gasteiger partial charge >= 0.3 is 0 Å². The van der Waals surface area contributed by atoms with Crippen LogP contribution in [0.3, 0.4) is 0 Å². The third-order valence-electron chi connectivity index (χ3n) is 3.89. The first-order chi connectivity index (χ1) is 9.52. The molecule has 2 N–H and O–H groups in total. The van der Waals surface area contributed by atoms with Crippen molar-refractivity contribution in [2.24, 2.45) is 11.8 Å². The predicted molar refractivity (Wildman–Crippen MR) is 78.2 cm³/mol. The zero-order valence-corrected chi connectivity index (χ0v) is 12.3. The summed E-state index contributed by atoms with van der Waals surface area (Å²) in [5, 5.41) is 2.75. The molecule has 1 heterocycles. The summed E-state index contributed by atoms with van der Waals surface area (Å²) in [7, 11) is 0. The van der Waals surface area contributed by atoms with E-state index in [0.717, 1.165) is 31.5 Å². The van der Waals surface area contributed by atoms with Gasteiger partial charge in [-0.05, 0) is 24.6 Å². The van der Waals surface area contributed by atoms with Gasteiger partial charge in [-0.25, -0.2) is 4.39 Å². The molecule has 4 heteroatoms. The lowest BCUT2D eigenvalue weighted by Crippen LogP contribution is -3.14. The minimum absolute atomic E-state index is 0.0334. The Bertz CT molecular complexity index is 454. The van der Waals surface area contributed by atoms with Crippen LogP contribution in [0.25, 0.3) is 0 Å². The second kappa shape index (κ2) is 6.84. The molecule has 0 aromatic heterocycles. The molecule has 1 saturated heterocycles. The lowest BCUT2D eigenvalue weighted by atomic mass is 9.92. The van der Waals surface area contributed by atoms with Gasteiger partial charge < -0.3 is 10.2 Å². The molecule has 2 atom stereocenters. The van der Waals surface area contributed by atoms with Crippen molar-refractivity contribution >= 4 is 11.6 Å². The molecule has 0 aliphatic carbocycles. The summed E-state index contributed by atoms with van der Waals surface area (Å²) in [6.45, 7) is 7.72. The number of carbonyl (C=O) groups excluding carboxylic acids is 1. The number of rotatable bonds is 4. The van der Waals surface area contributed by atoms with Crippen LogP contribution in [0, 0.1) is 17.7 Å². The summed E-state index contributed by atoms with van der Waals surface area (Å²) in [5.41, 5.74) is 0.533. The molecule has 1 amide bonds. The Kier molecular flexibility index (Phi) is 5.12. The van der Waals surface area contributed by atoms with E-state index < -0.39 is 0 Å². The summed E-state index contributed by atoms with van der Waals surface area (Å²) in [4.78, 5) is 13.4. The van der Waals surface area contributed by atoms with Gasteiger partial charge in [-0.15, -0.1) is 0 Å². The first-order valence-corrected chi connectivity index (χ1v) is 7.42. The maximum Gasteiger partial charge on any atom is 0.230 e. The van der Waals surface area contributed by atoms with E-state index in [-0.39, 0.29) is 11.7 Å². The Labute approximate surface area is 120 Å². The Morgan fingerprint density at radius 2 is 2.05 bits per heavy atom. The molecule has 1 fully saturated rings. The first-order valence-electron chi connectivity index (χ1n) is 7.42. The van der Waals surface area contributed by atoms with E-state index in [9.17, 15) is 9.18 Å². The normalized spacial score (nSPS) is 26.2. The molecule has 20 heavy (non-hydrogen) atoms. The second-order valence-corrected chi connectivity index (χ2v) is 6.16. The molecule has 2 rings (SSSR count). The number of amides is 1. The maximum absolute atomic E-state index is 13.0. The fourth-order valence-corrected chi connectivity index (χ4v) is 3.21. The number of nitrogens with one attached hydrogen (secondary N) is 2. The number of halogens is 1. The number of carbonyl (C=O) groups is 1. The lowest BCUT2D eigenvalue weighted by Gasteiger charge is -2.31. The van der Waals surface area contributed by atoms with Crippen molar-refractivity contribution in [3.8, 4) is 0 Å². The largest absolute Gasteiger partial charge is 0.334 e. The van der Waals surface area contributed by atoms with Crippen LogP contribution >= 0.6 is 0 Å². The van der Waals surface area contributed by atoms with Crippen LogP contribution in [0.2, 0.25) is 0 Å². The van der Waals surface area contributed by atoms with Crippen LogP contribution in [0.15, 0.2) is 24.3 Å². The van der Waals surface area contributed by atoms with E-state index in [1.165, 1.54) is 23.5 Å². The molecule has 0 bridgehead atoms. The first kappa shape index (κ1) is 15.0. The smallest absolute Gasteiger partial charge is 0.230 e. The van der Waals surface area contributed by atoms with Crippen LogP contribution in [0.4, 0.5) is 10.1 Å². The van der Waals surface area contributed by atoms with Gasteiger partial charge in [0.15, 0.2) is 0 Å². The molecular weight excluding hydrogens is 255 g/mol. The van der Waals surface area contributed by atoms with Crippen LogP contribution in [-0.2, 0) is 4.79 Å². The number of piperidine rings is 1. The average molecular weight is 279 g/mol. The standard InChI is InChI=1S/C16H23FN2O/c1-12-8-13(2)11-19(10-12)7-6-16(20)18-15-5-3-4-14(17)9-15/h3-5,9,12-13H,6-8,10-11H2,1-2H3,(H,18,20)/p+1. The highest BCUT2D eigenvalue weighted by Gasteiger charge is 2.25. The summed E-state index contributed by atoms with van der Waals surface area (Å²) in [5.74, 6) is 1.11. The number of benzene rings is 1. The van der Waals surface area contributed by atoms with Crippen molar-refractivity contribution in [2.45, 2.75) is 26.7 Å². The van der Waals surface area contributed by atoms with Gasteiger partial charge in [-0.2, -0.15) is 0 Å². The third kappa shape index (κ3) is 4.60. The Morgan fingerprint density at radius 3 is 2.70 bits per heavy atom. The molecule has 0 spiro atoms. The Balaban J connectivity index is 1.77. The highest BCUT2D eigenvalue weighted by atomic mass is 19.1. The number of anilines is 1. The maximum atomic E-state index is 13.0. The van der Waals surface area contributed by atoms with E-state index >= 15 is 0 Å². The molecule has 1 aromatic rings. The number of likely N-dealkylation sites (tertiary alicyclic amines) is 1. The monoisotopic (exact) mass is 279 g/mol. The number of hydrogen-bond acceptors (Lipinski definition) is 1. The van der Waals surface area contributed by atoms with E-state index in [0.29, 0.717) is 12.1 Å². The van der Waals surface area contributed by atoms with Crippen molar-refractivity contribution in [3.63, 3.8) is 0 Å².